The maximum atomic E-state index is 11.8. The second-order valence-electron chi connectivity index (χ2n) is 6.06. The summed E-state index contributed by atoms with van der Waals surface area (Å²) in [4.78, 5) is 17.7. The van der Waals surface area contributed by atoms with Crippen molar-refractivity contribution in [3.8, 4) is 6.07 Å². The van der Waals surface area contributed by atoms with Crippen LogP contribution in [0.5, 0.6) is 0 Å². The molecule has 0 aliphatic carbocycles. The summed E-state index contributed by atoms with van der Waals surface area (Å²) in [5.74, 6) is -1.51. The Bertz CT molecular complexity index is 606. The van der Waals surface area contributed by atoms with Gasteiger partial charge in [-0.25, -0.2) is 0 Å². The maximum Gasteiger partial charge on any atom is 0.328 e. The lowest BCUT2D eigenvalue weighted by molar-refractivity contribution is -0.940. The standard InChI is InChI=1S/C19H25N3O3/c1-3-25-19(23)17(13-20)14-21-15(2)18(16-7-5-4-6-8-16)22-9-11-24-12-10-22/h4-8,14-15,17-18H,3,9-12H2,1-2H3/p+1/t15-,17+,18-/m0/s1. The summed E-state index contributed by atoms with van der Waals surface area (Å²) in [6.07, 6.45) is 1.43. The first kappa shape index (κ1) is 19.1. The molecule has 1 aliphatic rings. The molecular formula is C19H26N3O3+. The van der Waals surface area contributed by atoms with Gasteiger partial charge in [0.05, 0.1) is 25.9 Å². The molecule has 1 saturated heterocycles. The molecule has 6 heteroatoms. The second kappa shape index (κ2) is 9.92. The summed E-state index contributed by atoms with van der Waals surface area (Å²) in [7, 11) is 0. The number of ether oxygens (including phenoxy) is 2. The van der Waals surface area contributed by atoms with E-state index in [-0.39, 0.29) is 18.7 Å². The van der Waals surface area contributed by atoms with Crippen molar-refractivity contribution in [1.29, 1.82) is 5.26 Å². The van der Waals surface area contributed by atoms with Gasteiger partial charge in [-0.2, -0.15) is 5.26 Å². The van der Waals surface area contributed by atoms with E-state index in [2.05, 4.69) is 17.1 Å². The summed E-state index contributed by atoms with van der Waals surface area (Å²) >= 11 is 0. The molecule has 0 amide bonds. The minimum atomic E-state index is -0.960. The zero-order valence-electron chi connectivity index (χ0n) is 14.9. The van der Waals surface area contributed by atoms with Crippen LogP contribution in [0.2, 0.25) is 0 Å². The molecule has 0 saturated carbocycles. The van der Waals surface area contributed by atoms with Gasteiger partial charge >= 0.3 is 5.97 Å². The van der Waals surface area contributed by atoms with Gasteiger partial charge in [0, 0.05) is 11.8 Å². The summed E-state index contributed by atoms with van der Waals surface area (Å²) in [5.41, 5.74) is 1.20. The van der Waals surface area contributed by atoms with E-state index >= 15 is 0 Å². The third kappa shape index (κ3) is 5.38. The summed E-state index contributed by atoms with van der Waals surface area (Å²) < 4.78 is 10.4. The van der Waals surface area contributed by atoms with E-state index in [4.69, 9.17) is 9.47 Å². The first-order chi connectivity index (χ1) is 12.2. The molecule has 0 unspecified atom stereocenters. The number of aliphatic imine (C=N–C) groups is 1. The number of nitrogens with zero attached hydrogens (tertiary/aromatic N) is 2. The quantitative estimate of drug-likeness (QED) is 0.586. The Kier molecular flexibility index (Phi) is 7.58. The van der Waals surface area contributed by atoms with Gasteiger partial charge in [-0.15, -0.1) is 0 Å². The van der Waals surface area contributed by atoms with Crippen LogP contribution < -0.4 is 4.90 Å². The monoisotopic (exact) mass is 344 g/mol. The van der Waals surface area contributed by atoms with Gasteiger partial charge in [-0.05, 0) is 13.8 Å². The Hall–Kier alpha value is -2.23. The third-order valence-corrected chi connectivity index (χ3v) is 4.37. The number of carbonyl (C=O) groups excluding carboxylic acids is 1. The molecule has 0 bridgehead atoms. The first-order valence-corrected chi connectivity index (χ1v) is 8.74. The van der Waals surface area contributed by atoms with Crippen LogP contribution in [-0.2, 0) is 14.3 Å². The maximum absolute atomic E-state index is 11.8. The molecule has 0 spiro atoms. The number of nitriles is 1. The van der Waals surface area contributed by atoms with Crippen LogP contribution in [0.3, 0.4) is 0 Å². The Morgan fingerprint density at radius 3 is 2.68 bits per heavy atom. The molecule has 1 heterocycles. The van der Waals surface area contributed by atoms with Crippen molar-refractivity contribution in [2.45, 2.75) is 25.9 Å². The number of quaternary nitrogens is 1. The van der Waals surface area contributed by atoms with E-state index in [0.29, 0.717) is 0 Å². The minimum absolute atomic E-state index is 0.0687. The van der Waals surface area contributed by atoms with Crippen LogP contribution in [0.1, 0.15) is 25.5 Å². The van der Waals surface area contributed by atoms with Gasteiger partial charge in [-0.3, -0.25) is 9.79 Å². The SMILES string of the molecule is CCOC(=O)[C@H](C#N)C=N[C@@H](C)[C@@H](c1ccccc1)[NH+]1CCOCC1. The highest BCUT2D eigenvalue weighted by molar-refractivity contribution is 5.92. The molecule has 25 heavy (non-hydrogen) atoms. The number of carbonyl (C=O) groups is 1. The van der Waals surface area contributed by atoms with Crippen LogP contribution in [0, 0.1) is 17.2 Å². The van der Waals surface area contributed by atoms with Gasteiger partial charge in [0.15, 0.2) is 5.92 Å². The van der Waals surface area contributed by atoms with E-state index < -0.39 is 11.9 Å². The highest BCUT2D eigenvalue weighted by Gasteiger charge is 2.31. The van der Waals surface area contributed by atoms with Gasteiger partial charge < -0.3 is 14.4 Å². The Labute approximate surface area is 149 Å². The number of rotatable bonds is 7. The lowest BCUT2D eigenvalue weighted by Gasteiger charge is -2.33. The predicted molar refractivity (Wildman–Crippen MR) is 94.4 cm³/mol. The Balaban J connectivity index is 2.17. The zero-order chi connectivity index (χ0) is 18.1. The zero-order valence-corrected chi connectivity index (χ0v) is 14.9. The van der Waals surface area contributed by atoms with E-state index in [1.165, 1.54) is 16.7 Å². The fraction of sp³-hybridized carbons (Fsp3) is 0.526. The van der Waals surface area contributed by atoms with Crippen molar-refractivity contribution in [2.24, 2.45) is 10.9 Å². The van der Waals surface area contributed by atoms with Gasteiger partial charge in [0.2, 0.25) is 0 Å². The molecular weight excluding hydrogens is 318 g/mol. The van der Waals surface area contributed by atoms with E-state index in [1.54, 1.807) is 6.92 Å². The Morgan fingerprint density at radius 1 is 1.40 bits per heavy atom. The molecule has 6 nitrogen and oxygen atoms in total. The highest BCUT2D eigenvalue weighted by Crippen LogP contribution is 2.17. The fourth-order valence-electron chi connectivity index (χ4n) is 3.15. The average Bonchev–Trinajstić information content (AvgIpc) is 2.64. The van der Waals surface area contributed by atoms with Gasteiger partial charge in [0.25, 0.3) is 0 Å². The molecule has 1 N–H and O–H groups in total. The molecule has 134 valence electrons. The number of hydrogen-bond acceptors (Lipinski definition) is 5. The number of hydrogen-bond donors (Lipinski definition) is 1. The molecule has 3 atom stereocenters. The van der Waals surface area contributed by atoms with Gasteiger partial charge in [0.1, 0.15) is 25.2 Å². The second-order valence-corrected chi connectivity index (χ2v) is 6.06. The number of esters is 1. The molecule has 1 fully saturated rings. The summed E-state index contributed by atoms with van der Waals surface area (Å²) in [6.45, 7) is 7.30. The molecule has 1 aliphatic heterocycles. The summed E-state index contributed by atoms with van der Waals surface area (Å²) in [6, 6.07) is 12.3. The topological polar surface area (TPSA) is 76.1 Å². The van der Waals surface area contributed by atoms with E-state index in [0.717, 1.165) is 26.3 Å². The normalized spacial score (nSPS) is 19.1. The predicted octanol–water partition coefficient (Wildman–Crippen LogP) is 0.805. The van der Waals surface area contributed by atoms with Crippen molar-refractivity contribution in [1.82, 2.24) is 0 Å². The smallest absolute Gasteiger partial charge is 0.328 e. The van der Waals surface area contributed by atoms with Crippen LogP contribution in [0.15, 0.2) is 35.3 Å². The van der Waals surface area contributed by atoms with Crippen LogP contribution in [0.4, 0.5) is 0 Å². The largest absolute Gasteiger partial charge is 0.465 e. The number of benzene rings is 1. The van der Waals surface area contributed by atoms with Crippen LogP contribution >= 0.6 is 0 Å². The van der Waals surface area contributed by atoms with E-state index in [1.807, 2.05) is 31.2 Å². The molecule has 2 rings (SSSR count). The van der Waals surface area contributed by atoms with E-state index in [9.17, 15) is 10.1 Å². The van der Waals surface area contributed by atoms with Crippen LogP contribution in [0.25, 0.3) is 0 Å². The average molecular weight is 344 g/mol. The Morgan fingerprint density at radius 2 is 2.08 bits per heavy atom. The van der Waals surface area contributed by atoms with Crippen LogP contribution in [-0.4, -0.2) is 51.1 Å². The third-order valence-electron chi connectivity index (χ3n) is 4.37. The lowest BCUT2D eigenvalue weighted by atomic mass is 9.98. The molecule has 0 radical (unpaired) electrons. The lowest BCUT2D eigenvalue weighted by Crippen LogP contribution is -3.15. The van der Waals surface area contributed by atoms with Crippen molar-refractivity contribution in [3.63, 3.8) is 0 Å². The fourth-order valence-corrected chi connectivity index (χ4v) is 3.15. The van der Waals surface area contributed by atoms with Crippen molar-refractivity contribution >= 4 is 12.2 Å². The highest BCUT2D eigenvalue weighted by atomic mass is 16.5. The van der Waals surface area contributed by atoms with Crippen molar-refractivity contribution < 1.29 is 19.2 Å². The number of nitrogens with one attached hydrogen (secondary N) is 1. The van der Waals surface area contributed by atoms with Gasteiger partial charge in [-0.1, -0.05) is 30.3 Å². The molecule has 1 aromatic carbocycles. The van der Waals surface area contributed by atoms with Crippen molar-refractivity contribution in [2.75, 3.05) is 32.9 Å². The minimum Gasteiger partial charge on any atom is -0.465 e. The number of morpholine rings is 1. The summed E-state index contributed by atoms with van der Waals surface area (Å²) in [5, 5.41) is 9.18. The van der Waals surface area contributed by atoms with Crippen molar-refractivity contribution in [3.05, 3.63) is 35.9 Å². The first-order valence-electron chi connectivity index (χ1n) is 8.74. The molecule has 0 aromatic heterocycles. The molecule has 1 aromatic rings.